The third-order valence-corrected chi connectivity index (χ3v) is 4.83. The van der Waals surface area contributed by atoms with Crippen molar-refractivity contribution in [3.8, 4) is 0 Å². The van der Waals surface area contributed by atoms with E-state index >= 15 is 0 Å². The first kappa shape index (κ1) is 19.1. The van der Waals surface area contributed by atoms with Crippen molar-refractivity contribution in [2.75, 3.05) is 20.3 Å². The summed E-state index contributed by atoms with van der Waals surface area (Å²) in [5.41, 5.74) is 3.40. The lowest BCUT2D eigenvalue weighted by Crippen LogP contribution is -2.30. The number of carbonyl (C=O) groups is 2. The lowest BCUT2D eigenvalue weighted by atomic mass is 10.1. The Kier molecular flexibility index (Phi) is 6.24. The number of nitrogens with zero attached hydrogens (tertiary/aromatic N) is 2. The number of amides is 2. The number of methoxy groups -OCH3 is 1. The fraction of sp³-hybridized carbons (Fsp3) is 0.450. The predicted molar refractivity (Wildman–Crippen MR) is 102 cm³/mol. The van der Waals surface area contributed by atoms with Crippen LogP contribution in [0.1, 0.15) is 50.8 Å². The summed E-state index contributed by atoms with van der Waals surface area (Å²) in [4.78, 5) is 29.6. The second-order valence-electron chi connectivity index (χ2n) is 6.70. The summed E-state index contributed by atoms with van der Waals surface area (Å²) in [7, 11) is 1.58. The van der Waals surface area contributed by atoms with Crippen LogP contribution < -0.4 is 10.6 Å². The molecule has 27 heavy (non-hydrogen) atoms. The third kappa shape index (κ3) is 4.36. The first-order valence-corrected chi connectivity index (χ1v) is 9.31. The Balaban J connectivity index is 1.77. The monoisotopic (exact) mass is 370 g/mol. The number of nitrogens with one attached hydrogen (secondary N) is 2. The highest BCUT2D eigenvalue weighted by Crippen LogP contribution is 2.21. The molecule has 0 fully saturated rings. The third-order valence-electron chi connectivity index (χ3n) is 4.83. The molecule has 0 spiro atoms. The number of aromatic nitrogens is 2. The van der Waals surface area contributed by atoms with E-state index in [9.17, 15) is 9.59 Å². The summed E-state index contributed by atoms with van der Waals surface area (Å²) in [6, 6.07) is 7.94. The second kappa shape index (κ2) is 8.81. The molecule has 1 aliphatic rings. The van der Waals surface area contributed by atoms with Crippen molar-refractivity contribution in [3.05, 3.63) is 52.6 Å². The highest BCUT2D eigenvalue weighted by Gasteiger charge is 2.27. The standard InChI is InChI=1S/C20H26N4O3/c1-14-7-3-4-8-15(14)13-22-19(25)17-16-9-5-6-11-24(16)18(23-17)20(26)21-10-12-27-2/h3-4,7-8H,5-6,9-13H2,1-2H3,(H,21,26)(H,22,25). The van der Waals surface area contributed by atoms with Crippen LogP contribution in [0.5, 0.6) is 0 Å². The van der Waals surface area contributed by atoms with Crippen LogP contribution in [-0.4, -0.2) is 41.6 Å². The maximum Gasteiger partial charge on any atom is 0.287 e. The molecule has 0 atom stereocenters. The summed E-state index contributed by atoms with van der Waals surface area (Å²) < 4.78 is 6.84. The molecule has 3 rings (SSSR count). The van der Waals surface area contributed by atoms with Crippen molar-refractivity contribution < 1.29 is 14.3 Å². The highest BCUT2D eigenvalue weighted by atomic mass is 16.5. The van der Waals surface area contributed by atoms with Crippen LogP contribution in [0.4, 0.5) is 0 Å². The number of hydrogen-bond donors (Lipinski definition) is 2. The first-order chi connectivity index (χ1) is 13.1. The van der Waals surface area contributed by atoms with Gasteiger partial charge >= 0.3 is 0 Å². The Bertz CT molecular complexity index is 829. The molecule has 0 unspecified atom stereocenters. The van der Waals surface area contributed by atoms with Crippen LogP contribution in [0.25, 0.3) is 0 Å². The summed E-state index contributed by atoms with van der Waals surface area (Å²) in [5.74, 6) is -0.199. The zero-order valence-corrected chi connectivity index (χ0v) is 15.9. The fourth-order valence-electron chi connectivity index (χ4n) is 3.31. The fourth-order valence-corrected chi connectivity index (χ4v) is 3.31. The van der Waals surface area contributed by atoms with E-state index in [1.807, 2.05) is 35.8 Å². The van der Waals surface area contributed by atoms with Gasteiger partial charge in [0.1, 0.15) is 5.69 Å². The number of ether oxygens (including phenoxy) is 1. The molecule has 144 valence electrons. The number of aryl methyl sites for hydroxylation is 1. The minimum Gasteiger partial charge on any atom is -0.383 e. The van der Waals surface area contributed by atoms with Crippen molar-refractivity contribution in [1.82, 2.24) is 20.2 Å². The molecule has 1 aromatic carbocycles. The zero-order valence-electron chi connectivity index (χ0n) is 15.9. The average molecular weight is 370 g/mol. The van der Waals surface area contributed by atoms with Gasteiger partial charge in [-0.15, -0.1) is 0 Å². The van der Waals surface area contributed by atoms with Gasteiger partial charge < -0.3 is 19.9 Å². The average Bonchev–Trinajstić information content (AvgIpc) is 3.07. The van der Waals surface area contributed by atoms with Gasteiger partial charge in [0, 0.05) is 26.7 Å². The van der Waals surface area contributed by atoms with Gasteiger partial charge in [-0.1, -0.05) is 24.3 Å². The lowest BCUT2D eigenvalue weighted by Gasteiger charge is -2.17. The maximum atomic E-state index is 12.8. The molecule has 1 aliphatic heterocycles. The van der Waals surface area contributed by atoms with Gasteiger partial charge in [-0.2, -0.15) is 0 Å². The number of hydrogen-bond acceptors (Lipinski definition) is 4. The predicted octanol–water partition coefficient (Wildman–Crippen LogP) is 1.83. The van der Waals surface area contributed by atoms with Crippen molar-refractivity contribution in [1.29, 1.82) is 0 Å². The number of fused-ring (bicyclic) bond motifs is 1. The van der Waals surface area contributed by atoms with Gasteiger partial charge in [-0.3, -0.25) is 9.59 Å². The number of carbonyl (C=O) groups excluding carboxylic acids is 2. The van der Waals surface area contributed by atoms with E-state index in [0.29, 0.717) is 37.8 Å². The van der Waals surface area contributed by atoms with Crippen LogP contribution in [0, 0.1) is 6.92 Å². The zero-order chi connectivity index (χ0) is 19.2. The molecule has 0 saturated carbocycles. The topological polar surface area (TPSA) is 85.2 Å². The molecule has 0 radical (unpaired) electrons. The molecular formula is C20H26N4O3. The summed E-state index contributed by atoms with van der Waals surface area (Å²) in [5, 5.41) is 5.73. The van der Waals surface area contributed by atoms with Crippen molar-refractivity contribution >= 4 is 11.8 Å². The molecule has 0 aliphatic carbocycles. The molecule has 1 aromatic heterocycles. The molecule has 7 nitrogen and oxygen atoms in total. The molecular weight excluding hydrogens is 344 g/mol. The second-order valence-corrected chi connectivity index (χ2v) is 6.70. The summed E-state index contributed by atoms with van der Waals surface area (Å²) >= 11 is 0. The Morgan fingerprint density at radius 2 is 2.00 bits per heavy atom. The molecule has 0 saturated heterocycles. The lowest BCUT2D eigenvalue weighted by molar-refractivity contribution is 0.0921. The van der Waals surface area contributed by atoms with Crippen molar-refractivity contribution in [2.45, 2.75) is 39.3 Å². The minimum absolute atomic E-state index is 0.236. The van der Waals surface area contributed by atoms with E-state index in [1.165, 1.54) is 0 Å². The molecule has 7 heteroatoms. The van der Waals surface area contributed by atoms with Gasteiger partial charge in [0.25, 0.3) is 11.8 Å². The van der Waals surface area contributed by atoms with Gasteiger partial charge in [0.2, 0.25) is 0 Å². The highest BCUT2D eigenvalue weighted by molar-refractivity contribution is 5.97. The van der Waals surface area contributed by atoms with Gasteiger partial charge in [-0.05, 0) is 37.3 Å². The van der Waals surface area contributed by atoms with Crippen LogP contribution in [0.2, 0.25) is 0 Å². The first-order valence-electron chi connectivity index (χ1n) is 9.31. The molecule has 2 aromatic rings. The Morgan fingerprint density at radius 1 is 1.19 bits per heavy atom. The molecule has 2 N–H and O–H groups in total. The molecule has 2 heterocycles. The van der Waals surface area contributed by atoms with Crippen LogP contribution in [0.15, 0.2) is 24.3 Å². The Hall–Kier alpha value is -2.67. The smallest absolute Gasteiger partial charge is 0.287 e. The number of benzene rings is 1. The number of rotatable bonds is 7. The SMILES string of the molecule is COCCNC(=O)c1nc(C(=O)NCc2ccccc2C)c2n1CCCC2. The van der Waals surface area contributed by atoms with E-state index < -0.39 is 0 Å². The largest absolute Gasteiger partial charge is 0.383 e. The van der Waals surface area contributed by atoms with E-state index in [1.54, 1.807) is 7.11 Å². The minimum atomic E-state index is -0.270. The quantitative estimate of drug-likeness (QED) is 0.728. The van der Waals surface area contributed by atoms with Crippen LogP contribution in [-0.2, 0) is 24.2 Å². The van der Waals surface area contributed by atoms with Crippen LogP contribution in [0.3, 0.4) is 0 Å². The van der Waals surface area contributed by atoms with Gasteiger partial charge in [0.15, 0.2) is 5.82 Å². The summed E-state index contributed by atoms with van der Waals surface area (Å²) in [6.07, 6.45) is 2.73. The van der Waals surface area contributed by atoms with E-state index in [2.05, 4.69) is 15.6 Å². The molecule has 0 bridgehead atoms. The van der Waals surface area contributed by atoms with E-state index in [-0.39, 0.29) is 11.8 Å². The number of imidazole rings is 1. The van der Waals surface area contributed by atoms with E-state index in [4.69, 9.17) is 4.74 Å². The molecule has 2 amide bonds. The van der Waals surface area contributed by atoms with Crippen molar-refractivity contribution in [2.24, 2.45) is 0 Å². The van der Waals surface area contributed by atoms with Gasteiger partial charge in [0.05, 0.1) is 12.3 Å². The van der Waals surface area contributed by atoms with E-state index in [0.717, 1.165) is 36.1 Å². The van der Waals surface area contributed by atoms with Crippen molar-refractivity contribution in [3.63, 3.8) is 0 Å². The Morgan fingerprint density at radius 3 is 2.78 bits per heavy atom. The van der Waals surface area contributed by atoms with Crippen LogP contribution >= 0.6 is 0 Å². The Labute approximate surface area is 159 Å². The van der Waals surface area contributed by atoms with Gasteiger partial charge in [-0.25, -0.2) is 4.98 Å². The normalized spacial score (nSPS) is 13.1. The maximum absolute atomic E-state index is 12.8. The summed E-state index contributed by atoms with van der Waals surface area (Å²) in [6.45, 7) is 4.01.